The smallest absolute Gasteiger partial charge is 0.346 e. The molecule has 0 aliphatic rings. The number of aromatic carboxylic acids is 1. The minimum Gasteiger partial charge on any atom is -0.477 e. The quantitative estimate of drug-likeness (QED) is 0.891. The van der Waals surface area contributed by atoms with Crippen molar-refractivity contribution in [3.05, 3.63) is 39.1 Å². The van der Waals surface area contributed by atoms with Crippen molar-refractivity contribution >= 4 is 17.3 Å². The summed E-state index contributed by atoms with van der Waals surface area (Å²) in [6.45, 7) is 0. The van der Waals surface area contributed by atoms with Gasteiger partial charge in [0.2, 0.25) is 0 Å². The summed E-state index contributed by atoms with van der Waals surface area (Å²) in [4.78, 5) is 26.2. The number of ether oxygens (including phenoxy) is 1. The molecule has 0 aliphatic heterocycles. The van der Waals surface area contributed by atoms with Gasteiger partial charge in [-0.1, -0.05) is 0 Å². The lowest BCUT2D eigenvalue weighted by Gasteiger charge is -2.02. The average Bonchev–Trinajstić information content (AvgIpc) is 2.73. The summed E-state index contributed by atoms with van der Waals surface area (Å²) in [5.41, 5.74) is -0.379. The van der Waals surface area contributed by atoms with Gasteiger partial charge in [0, 0.05) is 30.9 Å². The first-order valence-electron chi connectivity index (χ1n) is 4.59. The Morgan fingerprint density at radius 1 is 1.59 bits per heavy atom. The Bertz CT molecular complexity index is 617. The van der Waals surface area contributed by atoms with E-state index in [0.29, 0.717) is 5.75 Å². The van der Waals surface area contributed by atoms with E-state index in [9.17, 15) is 9.59 Å². The fourth-order valence-corrected chi connectivity index (χ4v) is 1.79. The number of carbonyl (C=O) groups is 1. The van der Waals surface area contributed by atoms with Crippen LogP contribution in [0.3, 0.4) is 0 Å². The third-order valence-corrected chi connectivity index (χ3v) is 2.88. The van der Waals surface area contributed by atoms with Gasteiger partial charge in [-0.3, -0.25) is 4.79 Å². The Morgan fingerprint density at radius 3 is 3.00 bits per heavy atom. The number of aromatic nitrogens is 2. The van der Waals surface area contributed by atoms with Gasteiger partial charge in [0.15, 0.2) is 0 Å². The highest BCUT2D eigenvalue weighted by Crippen LogP contribution is 2.24. The Kier molecular flexibility index (Phi) is 2.92. The van der Waals surface area contributed by atoms with Crippen molar-refractivity contribution < 1.29 is 14.6 Å². The highest BCUT2D eigenvalue weighted by molar-refractivity contribution is 7.12. The number of carboxylic acids is 1. The van der Waals surface area contributed by atoms with Gasteiger partial charge in [-0.2, -0.15) is 0 Å². The van der Waals surface area contributed by atoms with Crippen molar-refractivity contribution in [3.8, 4) is 11.6 Å². The second-order valence-electron chi connectivity index (χ2n) is 3.20. The largest absolute Gasteiger partial charge is 0.477 e. The number of thiophene rings is 1. The third kappa shape index (κ3) is 2.34. The van der Waals surface area contributed by atoms with E-state index in [1.807, 2.05) is 0 Å². The summed E-state index contributed by atoms with van der Waals surface area (Å²) in [5, 5.41) is 10.2. The monoisotopic (exact) mass is 252 g/mol. The normalized spacial score (nSPS) is 10.2. The van der Waals surface area contributed by atoms with Crippen LogP contribution in [0.4, 0.5) is 0 Å². The fourth-order valence-electron chi connectivity index (χ4n) is 1.14. The molecule has 0 aromatic carbocycles. The number of carboxylic acid groups (broad SMARTS) is 1. The van der Waals surface area contributed by atoms with Crippen molar-refractivity contribution in [3.63, 3.8) is 0 Å². The molecule has 0 amide bonds. The molecular formula is C10H8N2O4S. The molecule has 2 rings (SSSR count). The predicted octanol–water partition coefficient (Wildman–Crippen LogP) is 1.33. The maximum Gasteiger partial charge on any atom is 0.346 e. The minimum absolute atomic E-state index is 0.0789. The fraction of sp³-hybridized carbons (Fsp3) is 0.100. The molecule has 88 valence electrons. The van der Waals surface area contributed by atoms with Gasteiger partial charge in [0.05, 0.1) is 0 Å². The second kappa shape index (κ2) is 4.38. The number of rotatable bonds is 3. The van der Waals surface area contributed by atoms with Crippen LogP contribution in [0.2, 0.25) is 0 Å². The van der Waals surface area contributed by atoms with Crippen LogP contribution in [-0.4, -0.2) is 20.6 Å². The minimum atomic E-state index is -1.03. The molecule has 0 saturated carbocycles. The number of hydrogen-bond acceptors (Lipinski definition) is 5. The molecule has 0 saturated heterocycles. The lowest BCUT2D eigenvalue weighted by Crippen LogP contribution is -2.18. The molecule has 7 heteroatoms. The van der Waals surface area contributed by atoms with Crippen molar-refractivity contribution in [2.45, 2.75) is 0 Å². The zero-order valence-electron chi connectivity index (χ0n) is 8.78. The summed E-state index contributed by atoms with van der Waals surface area (Å²) in [6.07, 6.45) is 2.94. The van der Waals surface area contributed by atoms with Crippen LogP contribution in [-0.2, 0) is 7.05 Å². The van der Waals surface area contributed by atoms with E-state index in [1.54, 1.807) is 7.05 Å². The topological polar surface area (TPSA) is 81.4 Å². The van der Waals surface area contributed by atoms with E-state index in [1.165, 1.54) is 28.4 Å². The number of nitrogens with zero attached hydrogens (tertiary/aromatic N) is 2. The van der Waals surface area contributed by atoms with E-state index in [4.69, 9.17) is 9.84 Å². The summed E-state index contributed by atoms with van der Waals surface area (Å²) in [6, 6.07) is 1.35. The molecule has 0 spiro atoms. The van der Waals surface area contributed by atoms with Crippen molar-refractivity contribution in [2.24, 2.45) is 7.05 Å². The van der Waals surface area contributed by atoms with Crippen molar-refractivity contribution in [1.82, 2.24) is 9.55 Å². The number of aryl methyl sites for hydroxylation is 1. The van der Waals surface area contributed by atoms with Gasteiger partial charge in [0.1, 0.15) is 10.6 Å². The lowest BCUT2D eigenvalue weighted by atomic mass is 10.4. The van der Waals surface area contributed by atoms with E-state index in [2.05, 4.69) is 4.98 Å². The van der Waals surface area contributed by atoms with Crippen LogP contribution < -0.4 is 10.3 Å². The van der Waals surface area contributed by atoms with Crippen LogP contribution in [0.5, 0.6) is 11.6 Å². The van der Waals surface area contributed by atoms with E-state index in [-0.39, 0.29) is 16.3 Å². The molecule has 6 nitrogen and oxygen atoms in total. The third-order valence-electron chi connectivity index (χ3n) is 1.99. The van der Waals surface area contributed by atoms with Gasteiger partial charge in [-0.05, 0) is 0 Å². The molecule has 0 radical (unpaired) electrons. The standard InChI is InChI=1S/C10H8N2O4S/c1-12-3-2-11-8(9(12)13)16-6-4-7(10(14)15)17-5-6/h2-5H,1H3,(H,14,15). The highest BCUT2D eigenvalue weighted by Gasteiger charge is 2.10. The number of hydrogen-bond donors (Lipinski definition) is 1. The van der Waals surface area contributed by atoms with Gasteiger partial charge in [-0.25, -0.2) is 9.78 Å². The Hall–Kier alpha value is -2.15. The molecule has 2 aromatic rings. The SMILES string of the molecule is Cn1ccnc(Oc2csc(C(=O)O)c2)c1=O. The van der Waals surface area contributed by atoms with Crippen LogP contribution in [0.15, 0.2) is 28.6 Å². The lowest BCUT2D eigenvalue weighted by molar-refractivity contribution is 0.0702. The Labute approximate surface area is 99.7 Å². The van der Waals surface area contributed by atoms with Crippen molar-refractivity contribution in [2.75, 3.05) is 0 Å². The highest BCUT2D eigenvalue weighted by atomic mass is 32.1. The summed E-state index contributed by atoms with van der Waals surface area (Å²) in [5.74, 6) is -0.813. The zero-order valence-corrected chi connectivity index (χ0v) is 9.60. The molecular weight excluding hydrogens is 244 g/mol. The second-order valence-corrected chi connectivity index (χ2v) is 4.11. The molecule has 0 bridgehead atoms. The summed E-state index contributed by atoms with van der Waals surface area (Å²) in [7, 11) is 1.58. The average molecular weight is 252 g/mol. The molecule has 2 heterocycles. The summed E-state index contributed by atoms with van der Waals surface area (Å²) < 4.78 is 6.55. The zero-order chi connectivity index (χ0) is 12.4. The summed E-state index contributed by atoms with van der Waals surface area (Å²) >= 11 is 1.03. The van der Waals surface area contributed by atoms with E-state index in [0.717, 1.165) is 11.3 Å². The van der Waals surface area contributed by atoms with Crippen molar-refractivity contribution in [1.29, 1.82) is 0 Å². The Balaban J connectivity index is 2.28. The van der Waals surface area contributed by atoms with Gasteiger partial charge < -0.3 is 14.4 Å². The maximum atomic E-state index is 11.6. The van der Waals surface area contributed by atoms with E-state index < -0.39 is 5.97 Å². The van der Waals surface area contributed by atoms with Crippen LogP contribution >= 0.6 is 11.3 Å². The molecule has 2 aromatic heterocycles. The van der Waals surface area contributed by atoms with Crippen LogP contribution in [0.1, 0.15) is 9.67 Å². The molecule has 0 unspecified atom stereocenters. The molecule has 17 heavy (non-hydrogen) atoms. The Morgan fingerprint density at radius 2 is 2.35 bits per heavy atom. The van der Waals surface area contributed by atoms with Gasteiger partial charge in [0.25, 0.3) is 5.88 Å². The first-order valence-corrected chi connectivity index (χ1v) is 5.47. The molecule has 0 atom stereocenters. The van der Waals surface area contributed by atoms with Gasteiger partial charge in [-0.15, -0.1) is 11.3 Å². The van der Waals surface area contributed by atoms with Crippen LogP contribution in [0, 0.1) is 0 Å². The molecule has 0 aliphatic carbocycles. The maximum absolute atomic E-state index is 11.6. The van der Waals surface area contributed by atoms with Gasteiger partial charge >= 0.3 is 11.5 Å². The van der Waals surface area contributed by atoms with E-state index >= 15 is 0 Å². The molecule has 1 N–H and O–H groups in total. The van der Waals surface area contributed by atoms with Crippen LogP contribution in [0.25, 0.3) is 0 Å². The first kappa shape index (κ1) is 11.3. The predicted molar refractivity (Wildman–Crippen MR) is 60.8 cm³/mol. The first-order chi connectivity index (χ1) is 8.08. The molecule has 0 fully saturated rings.